The van der Waals surface area contributed by atoms with E-state index in [-0.39, 0.29) is 18.4 Å². The van der Waals surface area contributed by atoms with E-state index in [2.05, 4.69) is 41.3 Å². The summed E-state index contributed by atoms with van der Waals surface area (Å²) < 4.78 is 1.70. The number of carbonyl (C=O) groups is 2. The number of rotatable bonds is 4. The van der Waals surface area contributed by atoms with Crippen LogP contribution in [-0.2, 0) is 11.8 Å². The number of hydrogen-bond donors (Lipinski definition) is 1. The van der Waals surface area contributed by atoms with Gasteiger partial charge < -0.3 is 15.1 Å². The zero-order chi connectivity index (χ0) is 19.6. The highest BCUT2D eigenvalue weighted by molar-refractivity contribution is 5.95. The number of aromatic nitrogens is 2. The Hall–Kier alpha value is -2.67. The molecule has 7 heteroatoms. The highest BCUT2D eigenvalue weighted by Gasteiger charge is 2.20. The van der Waals surface area contributed by atoms with Gasteiger partial charge in [-0.1, -0.05) is 12.1 Å². The molecule has 1 saturated heterocycles. The van der Waals surface area contributed by atoms with Gasteiger partial charge in [-0.25, -0.2) is 0 Å². The Morgan fingerprint density at radius 3 is 2.41 bits per heavy atom. The van der Waals surface area contributed by atoms with Crippen molar-refractivity contribution < 1.29 is 9.59 Å². The van der Waals surface area contributed by atoms with E-state index in [1.807, 2.05) is 20.2 Å². The summed E-state index contributed by atoms with van der Waals surface area (Å²) in [6, 6.07) is 7.94. The molecule has 144 valence electrons. The molecule has 1 aromatic carbocycles. The first-order chi connectivity index (χ1) is 12.8. The van der Waals surface area contributed by atoms with E-state index in [1.54, 1.807) is 15.6 Å². The van der Waals surface area contributed by atoms with Crippen LogP contribution in [0.5, 0.6) is 0 Å². The number of likely N-dealkylation sites (N-methyl/N-ethyl adjacent to an activating group) is 1. The van der Waals surface area contributed by atoms with Gasteiger partial charge in [-0.15, -0.1) is 0 Å². The van der Waals surface area contributed by atoms with Crippen molar-refractivity contribution in [3.63, 3.8) is 0 Å². The van der Waals surface area contributed by atoms with E-state index in [9.17, 15) is 9.59 Å². The fourth-order valence-corrected chi connectivity index (χ4v) is 3.16. The largest absolute Gasteiger partial charge is 0.342 e. The van der Waals surface area contributed by atoms with E-state index < -0.39 is 0 Å². The highest BCUT2D eigenvalue weighted by atomic mass is 16.2. The van der Waals surface area contributed by atoms with Crippen LogP contribution in [0.2, 0.25) is 0 Å². The van der Waals surface area contributed by atoms with Gasteiger partial charge in [-0.05, 0) is 44.2 Å². The summed E-state index contributed by atoms with van der Waals surface area (Å²) in [6.45, 7) is 7.25. The number of hydrogen-bond acceptors (Lipinski definition) is 4. The third kappa shape index (κ3) is 4.36. The van der Waals surface area contributed by atoms with Crippen LogP contribution in [0, 0.1) is 13.8 Å². The summed E-state index contributed by atoms with van der Waals surface area (Å²) in [5.41, 5.74) is 4.62. The Kier molecular flexibility index (Phi) is 5.60. The molecule has 0 aliphatic carbocycles. The normalized spacial score (nSPS) is 15.0. The van der Waals surface area contributed by atoms with Crippen molar-refractivity contribution in [2.45, 2.75) is 13.8 Å². The van der Waals surface area contributed by atoms with Crippen LogP contribution in [-0.4, -0.2) is 71.2 Å². The molecule has 1 fully saturated rings. The Labute approximate surface area is 159 Å². The van der Waals surface area contributed by atoms with E-state index in [4.69, 9.17) is 0 Å². The molecule has 1 N–H and O–H groups in total. The first-order valence-electron chi connectivity index (χ1n) is 9.21. The van der Waals surface area contributed by atoms with Gasteiger partial charge in [0.25, 0.3) is 5.91 Å². The third-order valence-electron chi connectivity index (χ3n) is 5.17. The zero-order valence-electron chi connectivity index (χ0n) is 16.5. The van der Waals surface area contributed by atoms with Crippen LogP contribution in [0.4, 0.5) is 0 Å². The Morgan fingerprint density at radius 1 is 1.04 bits per heavy atom. The second-order valence-electron chi connectivity index (χ2n) is 7.20. The van der Waals surface area contributed by atoms with Crippen molar-refractivity contribution in [2.24, 2.45) is 7.05 Å². The number of nitrogens with one attached hydrogen (secondary N) is 1. The Morgan fingerprint density at radius 2 is 1.74 bits per heavy atom. The fraction of sp³-hybridized carbons (Fsp3) is 0.450. The molecule has 0 unspecified atom stereocenters. The highest BCUT2D eigenvalue weighted by Crippen LogP contribution is 2.22. The molecule has 2 amide bonds. The minimum Gasteiger partial charge on any atom is -0.342 e. The first-order valence-corrected chi connectivity index (χ1v) is 9.21. The molecular weight excluding hydrogens is 342 g/mol. The summed E-state index contributed by atoms with van der Waals surface area (Å²) in [7, 11) is 3.86. The van der Waals surface area contributed by atoms with Gasteiger partial charge in [0.05, 0.1) is 12.2 Å². The Balaban J connectivity index is 1.64. The lowest BCUT2D eigenvalue weighted by atomic mass is 10.0. The maximum Gasteiger partial charge on any atom is 0.272 e. The lowest BCUT2D eigenvalue weighted by molar-refractivity contribution is -0.131. The van der Waals surface area contributed by atoms with Crippen LogP contribution in [0.25, 0.3) is 11.3 Å². The van der Waals surface area contributed by atoms with Crippen LogP contribution < -0.4 is 5.32 Å². The summed E-state index contributed by atoms with van der Waals surface area (Å²) in [4.78, 5) is 28.7. The SMILES string of the molecule is Cc1ccc(-c2cc(C(=O)NCC(=O)N3CCN(C)CC3)nn2C)cc1C. The molecule has 1 aliphatic rings. The Bertz CT molecular complexity index is 850. The molecule has 3 rings (SSSR count). The molecule has 27 heavy (non-hydrogen) atoms. The average molecular weight is 369 g/mol. The number of amides is 2. The van der Waals surface area contributed by atoms with Gasteiger partial charge in [-0.3, -0.25) is 14.3 Å². The van der Waals surface area contributed by atoms with E-state index in [0.29, 0.717) is 18.8 Å². The minimum atomic E-state index is -0.330. The number of benzene rings is 1. The standard InChI is InChI=1S/C20H27N5O2/c1-14-5-6-16(11-15(14)2)18-12-17(22-24(18)4)20(27)21-13-19(26)25-9-7-23(3)8-10-25/h5-6,11-12H,7-10,13H2,1-4H3,(H,21,27). The van der Waals surface area contributed by atoms with Gasteiger partial charge in [0.1, 0.15) is 0 Å². The molecule has 0 bridgehead atoms. The molecule has 2 heterocycles. The average Bonchev–Trinajstić information content (AvgIpc) is 3.04. The molecule has 2 aromatic rings. The molecule has 0 saturated carbocycles. The first kappa shape index (κ1) is 19.1. The maximum absolute atomic E-state index is 12.4. The second-order valence-corrected chi connectivity index (χ2v) is 7.20. The van der Waals surface area contributed by atoms with E-state index in [0.717, 1.165) is 24.3 Å². The maximum atomic E-state index is 12.4. The smallest absolute Gasteiger partial charge is 0.272 e. The number of aryl methyl sites for hydroxylation is 3. The lowest BCUT2D eigenvalue weighted by Crippen LogP contribution is -2.50. The van der Waals surface area contributed by atoms with Crippen LogP contribution in [0.15, 0.2) is 24.3 Å². The van der Waals surface area contributed by atoms with Gasteiger partial charge in [0.15, 0.2) is 5.69 Å². The predicted octanol–water partition coefficient (Wildman–Crippen LogP) is 1.21. The number of piperazine rings is 1. The topological polar surface area (TPSA) is 70.5 Å². The fourth-order valence-electron chi connectivity index (χ4n) is 3.16. The monoisotopic (exact) mass is 369 g/mol. The van der Waals surface area contributed by atoms with E-state index >= 15 is 0 Å². The molecular formula is C20H27N5O2. The minimum absolute atomic E-state index is 0.00189. The van der Waals surface area contributed by atoms with Crippen molar-refractivity contribution in [1.82, 2.24) is 24.9 Å². The summed E-state index contributed by atoms with van der Waals surface area (Å²) in [5.74, 6) is -0.384. The lowest BCUT2D eigenvalue weighted by Gasteiger charge is -2.32. The van der Waals surface area contributed by atoms with Crippen LogP contribution in [0.1, 0.15) is 21.6 Å². The second kappa shape index (κ2) is 7.92. The van der Waals surface area contributed by atoms with Gasteiger partial charge in [0, 0.05) is 38.8 Å². The number of nitrogens with zero attached hydrogens (tertiary/aromatic N) is 4. The summed E-state index contributed by atoms with van der Waals surface area (Å²) >= 11 is 0. The third-order valence-corrected chi connectivity index (χ3v) is 5.17. The van der Waals surface area contributed by atoms with Gasteiger partial charge in [0.2, 0.25) is 5.91 Å². The van der Waals surface area contributed by atoms with Gasteiger partial charge in [-0.2, -0.15) is 5.10 Å². The number of carbonyl (C=O) groups excluding carboxylic acids is 2. The quantitative estimate of drug-likeness (QED) is 0.879. The summed E-state index contributed by atoms with van der Waals surface area (Å²) in [5, 5.41) is 7.01. The molecule has 0 atom stereocenters. The van der Waals surface area contributed by atoms with Crippen molar-refractivity contribution in [3.8, 4) is 11.3 Å². The molecule has 0 radical (unpaired) electrons. The van der Waals surface area contributed by atoms with Crippen LogP contribution >= 0.6 is 0 Å². The molecule has 1 aliphatic heterocycles. The van der Waals surface area contributed by atoms with Crippen molar-refractivity contribution in [2.75, 3.05) is 39.8 Å². The van der Waals surface area contributed by atoms with Crippen LogP contribution in [0.3, 0.4) is 0 Å². The van der Waals surface area contributed by atoms with E-state index in [1.165, 1.54) is 11.1 Å². The summed E-state index contributed by atoms with van der Waals surface area (Å²) in [6.07, 6.45) is 0. The molecule has 7 nitrogen and oxygen atoms in total. The molecule has 1 aromatic heterocycles. The predicted molar refractivity (Wildman–Crippen MR) is 105 cm³/mol. The van der Waals surface area contributed by atoms with Crippen molar-refractivity contribution in [3.05, 3.63) is 41.1 Å². The molecule has 0 spiro atoms. The van der Waals surface area contributed by atoms with Crippen molar-refractivity contribution in [1.29, 1.82) is 0 Å². The zero-order valence-corrected chi connectivity index (χ0v) is 16.5. The van der Waals surface area contributed by atoms with Crippen molar-refractivity contribution >= 4 is 11.8 Å². The van der Waals surface area contributed by atoms with Gasteiger partial charge >= 0.3 is 0 Å².